The summed E-state index contributed by atoms with van der Waals surface area (Å²) in [7, 11) is 0. The van der Waals surface area contributed by atoms with Crippen molar-refractivity contribution in [3.63, 3.8) is 0 Å². The van der Waals surface area contributed by atoms with Gasteiger partial charge in [0.2, 0.25) is 0 Å². The Morgan fingerprint density at radius 1 is 1.22 bits per heavy atom. The molecule has 0 bridgehead atoms. The number of amides is 1. The van der Waals surface area contributed by atoms with E-state index in [1.807, 2.05) is 0 Å². The summed E-state index contributed by atoms with van der Waals surface area (Å²) in [5, 5.41) is 7.66. The molecule has 1 aliphatic carbocycles. The van der Waals surface area contributed by atoms with Crippen molar-refractivity contribution >= 4 is 18.3 Å². The van der Waals surface area contributed by atoms with E-state index in [1.54, 1.807) is 4.90 Å². The zero-order valence-electron chi connectivity index (χ0n) is 14.1. The molecule has 2 aromatic heterocycles. The van der Waals surface area contributed by atoms with Crippen LogP contribution in [0.25, 0.3) is 5.82 Å². The van der Waals surface area contributed by atoms with Crippen molar-refractivity contribution in [2.24, 2.45) is 17.6 Å². The molecule has 1 aliphatic heterocycles. The number of fused-ring (bicyclic) bond motifs is 1. The molecule has 27 heavy (non-hydrogen) atoms. The molecule has 0 radical (unpaired) electrons. The molecule has 11 heteroatoms. The molecule has 0 aromatic carbocycles. The summed E-state index contributed by atoms with van der Waals surface area (Å²) in [6.07, 6.45) is -0.331. The minimum absolute atomic E-state index is 0. The van der Waals surface area contributed by atoms with Gasteiger partial charge in [-0.25, -0.2) is 9.67 Å². The van der Waals surface area contributed by atoms with E-state index in [2.05, 4.69) is 15.3 Å². The first-order chi connectivity index (χ1) is 12.3. The van der Waals surface area contributed by atoms with Crippen molar-refractivity contribution in [2.45, 2.75) is 25.1 Å². The second-order valence-corrected chi connectivity index (χ2v) is 6.83. The molecular formula is C16H18ClF3N6O. The number of nitrogens with zero attached hydrogens (tertiary/aromatic N) is 5. The number of carbonyl (C=O) groups excluding carboxylic acids is 1. The number of halogens is 4. The summed E-state index contributed by atoms with van der Waals surface area (Å²) in [4.78, 5) is 18.1. The second-order valence-electron chi connectivity index (χ2n) is 6.83. The molecule has 1 saturated carbocycles. The predicted octanol–water partition coefficient (Wildman–Crippen LogP) is 1.91. The van der Waals surface area contributed by atoms with E-state index in [4.69, 9.17) is 5.73 Å². The molecule has 2 N–H and O–H groups in total. The SMILES string of the molecule is Cl.NC1CCC2CN(C(=O)c3cn(-c4ccc(C(F)(F)F)cn4)nn3)CC12. The highest BCUT2D eigenvalue weighted by atomic mass is 35.5. The van der Waals surface area contributed by atoms with Crippen LogP contribution in [0.5, 0.6) is 0 Å². The van der Waals surface area contributed by atoms with E-state index >= 15 is 0 Å². The van der Waals surface area contributed by atoms with Gasteiger partial charge in [-0.15, -0.1) is 17.5 Å². The zero-order valence-corrected chi connectivity index (χ0v) is 15.0. The fourth-order valence-corrected chi connectivity index (χ4v) is 3.80. The Kier molecular flexibility index (Phi) is 5.13. The van der Waals surface area contributed by atoms with Gasteiger partial charge < -0.3 is 10.6 Å². The van der Waals surface area contributed by atoms with Crippen LogP contribution < -0.4 is 5.73 Å². The average molecular weight is 403 g/mol. The van der Waals surface area contributed by atoms with Crippen molar-refractivity contribution in [1.29, 1.82) is 0 Å². The van der Waals surface area contributed by atoms with Gasteiger partial charge in [-0.1, -0.05) is 5.21 Å². The molecule has 3 heterocycles. The van der Waals surface area contributed by atoms with Crippen molar-refractivity contribution in [2.75, 3.05) is 13.1 Å². The maximum Gasteiger partial charge on any atom is 0.417 e. The Labute approximate surface area is 159 Å². The van der Waals surface area contributed by atoms with Gasteiger partial charge in [0.15, 0.2) is 11.5 Å². The smallest absolute Gasteiger partial charge is 0.337 e. The number of nitrogens with two attached hydrogens (primary N) is 1. The number of rotatable bonds is 2. The monoisotopic (exact) mass is 402 g/mol. The molecule has 3 atom stereocenters. The summed E-state index contributed by atoms with van der Waals surface area (Å²) < 4.78 is 39.0. The number of likely N-dealkylation sites (tertiary alicyclic amines) is 1. The van der Waals surface area contributed by atoms with Crippen LogP contribution in [0.4, 0.5) is 13.2 Å². The third-order valence-corrected chi connectivity index (χ3v) is 5.22. The van der Waals surface area contributed by atoms with Crippen LogP contribution in [-0.4, -0.2) is 49.9 Å². The van der Waals surface area contributed by atoms with E-state index in [9.17, 15) is 18.0 Å². The Morgan fingerprint density at radius 3 is 2.63 bits per heavy atom. The lowest BCUT2D eigenvalue weighted by Gasteiger charge is -2.17. The van der Waals surface area contributed by atoms with Gasteiger partial charge in [-0.3, -0.25) is 4.79 Å². The first kappa shape index (κ1) is 19.6. The number of hydrogen-bond acceptors (Lipinski definition) is 5. The van der Waals surface area contributed by atoms with Crippen LogP contribution in [-0.2, 0) is 6.18 Å². The van der Waals surface area contributed by atoms with Gasteiger partial charge in [-0.2, -0.15) is 13.2 Å². The zero-order chi connectivity index (χ0) is 18.5. The quantitative estimate of drug-likeness (QED) is 0.828. The van der Waals surface area contributed by atoms with Crippen molar-refractivity contribution < 1.29 is 18.0 Å². The standard InChI is InChI=1S/C16H17F3N6O.ClH/c17-16(18,19)10-2-4-14(21-5-10)25-8-13(22-23-25)15(26)24-6-9-1-3-12(20)11(9)7-24;/h2,4-5,8-9,11-12H,1,3,6-7,20H2;1H. The molecule has 1 amide bonds. The summed E-state index contributed by atoms with van der Waals surface area (Å²) in [5.74, 6) is 0.667. The second kappa shape index (κ2) is 7.08. The highest BCUT2D eigenvalue weighted by molar-refractivity contribution is 5.92. The lowest BCUT2D eigenvalue weighted by molar-refractivity contribution is -0.137. The molecule has 1 saturated heterocycles. The molecule has 2 aromatic rings. The van der Waals surface area contributed by atoms with Crippen LogP contribution in [0.2, 0.25) is 0 Å². The number of carbonyl (C=O) groups is 1. The molecule has 7 nitrogen and oxygen atoms in total. The fourth-order valence-electron chi connectivity index (χ4n) is 3.80. The van der Waals surface area contributed by atoms with Crippen molar-refractivity contribution in [3.8, 4) is 5.82 Å². The fraction of sp³-hybridized carbons (Fsp3) is 0.500. The predicted molar refractivity (Wildman–Crippen MR) is 91.5 cm³/mol. The van der Waals surface area contributed by atoms with E-state index in [0.717, 1.165) is 25.1 Å². The Balaban J connectivity index is 0.00000210. The molecule has 0 spiro atoms. The minimum Gasteiger partial charge on any atom is -0.337 e. The molecule has 146 valence electrons. The van der Waals surface area contributed by atoms with Crippen LogP contribution in [0, 0.1) is 11.8 Å². The van der Waals surface area contributed by atoms with Crippen molar-refractivity contribution in [3.05, 3.63) is 35.8 Å². The number of pyridine rings is 1. The van der Waals surface area contributed by atoms with Gasteiger partial charge in [-0.05, 0) is 36.8 Å². The Hall–Kier alpha value is -2.20. The molecular weight excluding hydrogens is 385 g/mol. The number of hydrogen-bond donors (Lipinski definition) is 1. The lowest BCUT2D eigenvalue weighted by atomic mass is 9.98. The normalized spacial score (nSPS) is 24.6. The lowest BCUT2D eigenvalue weighted by Crippen LogP contribution is -2.33. The first-order valence-electron chi connectivity index (χ1n) is 8.34. The van der Waals surface area contributed by atoms with E-state index in [0.29, 0.717) is 24.9 Å². The van der Waals surface area contributed by atoms with E-state index in [1.165, 1.54) is 16.9 Å². The van der Waals surface area contributed by atoms with Gasteiger partial charge in [0, 0.05) is 25.3 Å². The topological polar surface area (TPSA) is 89.9 Å². The van der Waals surface area contributed by atoms with E-state index in [-0.39, 0.29) is 35.9 Å². The van der Waals surface area contributed by atoms with Crippen molar-refractivity contribution in [1.82, 2.24) is 24.9 Å². The highest BCUT2D eigenvalue weighted by Gasteiger charge is 2.43. The van der Waals surface area contributed by atoms with Crippen LogP contribution in [0.15, 0.2) is 24.5 Å². The maximum atomic E-state index is 12.6. The number of alkyl halides is 3. The molecule has 3 unspecified atom stereocenters. The summed E-state index contributed by atoms with van der Waals surface area (Å²) in [6, 6.07) is 2.23. The summed E-state index contributed by atoms with van der Waals surface area (Å²) in [6.45, 7) is 1.26. The Morgan fingerprint density at radius 2 is 2.00 bits per heavy atom. The molecule has 4 rings (SSSR count). The van der Waals surface area contributed by atoms with E-state index < -0.39 is 11.7 Å². The minimum atomic E-state index is -4.45. The van der Waals surface area contributed by atoms with Crippen LogP contribution in [0.3, 0.4) is 0 Å². The highest BCUT2D eigenvalue weighted by Crippen LogP contribution is 2.37. The van der Waals surface area contributed by atoms with Gasteiger partial charge in [0.1, 0.15) is 0 Å². The third-order valence-electron chi connectivity index (χ3n) is 5.22. The maximum absolute atomic E-state index is 12.6. The first-order valence-corrected chi connectivity index (χ1v) is 8.34. The summed E-state index contributed by atoms with van der Waals surface area (Å²) >= 11 is 0. The molecule has 2 fully saturated rings. The van der Waals surface area contributed by atoms with Crippen LogP contribution >= 0.6 is 12.4 Å². The average Bonchev–Trinajstić information content (AvgIpc) is 3.31. The number of aromatic nitrogens is 4. The van der Waals surface area contributed by atoms with Crippen LogP contribution in [0.1, 0.15) is 28.9 Å². The van der Waals surface area contributed by atoms with Gasteiger partial charge in [0.25, 0.3) is 5.91 Å². The van der Waals surface area contributed by atoms with Gasteiger partial charge >= 0.3 is 6.18 Å². The molecule has 2 aliphatic rings. The Bertz CT molecular complexity index is 824. The third kappa shape index (κ3) is 3.63. The summed E-state index contributed by atoms with van der Waals surface area (Å²) in [5.41, 5.74) is 5.38. The van der Waals surface area contributed by atoms with Gasteiger partial charge in [0.05, 0.1) is 11.8 Å². The largest absolute Gasteiger partial charge is 0.417 e.